The maximum atomic E-state index is 11.0. The van der Waals surface area contributed by atoms with Crippen molar-refractivity contribution in [1.29, 1.82) is 0 Å². The number of benzene rings is 2. The number of aliphatic hydroxyl groups excluding tert-OH is 4. The molecule has 1 aliphatic heterocycles. The maximum Gasteiger partial charge on any atom is 0.125 e. The van der Waals surface area contributed by atoms with E-state index in [4.69, 9.17) is 9.47 Å². The molecule has 1 saturated heterocycles. The Morgan fingerprint density at radius 1 is 0.634 bits per heavy atom. The van der Waals surface area contributed by atoms with Crippen LogP contribution in [0, 0.1) is 13.8 Å². The molecule has 0 atom stereocenters. The van der Waals surface area contributed by atoms with E-state index in [1.54, 1.807) is 0 Å². The molecule has 11 nitrogen and oxygen atoms in total. The molecular weight excluding hydrogens is 530 g/mol. The van der Waals surface area contributed by atoms with Crippen molar-refractivity contribution in [3.05, 3.63) is 57.6 Å². The van der Waals surface area contributed by atoms with Crippen LogP contribution in [-0.2, 0) is 35.8 Å². The number of hydrogen-bond donors (Lipinski definition) is 7. The van der Waals surface area contributed by atoms with E-state index < -0.39 is 12.2 Å². The highest BCUT2D eigenvalue weighted by Crippen LogP contribution is 2.29. The molecule has 0 aliphatic carbocycles. The number of nitrogens with zero attached hydrogens (tertiary/aromatic N) is 2. The number of ether oxygens (including phenoxy) is 2. The van der Waals surface area contributed by atoms with Crippen LogP contribution in [0.25, 0.3) is 0 Å². The Balaban J connectivity index is 1.68. The Labute approximate surface area is 242 Å². The van der Waals surface area contributed by atoms with Gasteiger partial charge >= 0.3 is 0 Å². The molecule has 1 fully saturated rings. The van der Waals surface area contributed by atoms with Crippen molar-refractivity contribution in [3.8, 4) is 11.5 Å². The lowest BCUT2D eigenvalue weighted by atomic mass is 10.0. The topological polar surface area (TPSA) is 158 Å². The highest BCUT2D eigenvalue weighted by atomic mass is 16.5. The molecule has 0 spiro atoms. The van der Waals surface area contributed by atoms with Crippen LogP contribution in [0.3, 0.4) is 0 Å². The first kappa shape index (κ1) is 33.2. The van der Waals surface area contributed by atoms with Crippen LogP contribution in [-0.4, -0.2) is 118 Å². The number of hydrogen-bond acceptors (Lipinski definition) is 11. The molecular formula is C30H47N3O8. The summed E-state index contributed by atoms with van der Waals surface area (Å²) in [5.41, 5.74) is 4.81. The number of aromatic hydroxyl groups is 2. The van der Waals surface area contributed by atoms with Gasteiger partial charge in [-0.2, -0.15) is 0 Å². The lowest BCUT2D eigenvalue weighted by Crippen LogP contribution is -2.35. The standard InChI is InChI=1S/C30H47N3O8/c1-21-9-23(29(38)25(11-21)19-40-27(15-34)16-35)13-32-5-3-31-4-6-33(8-7-32)14-24-10-22(2)12-26(30(24)39)20-41-28(17-36)18-37/h9-12,27-28,31,34-39H,3-8,13-20H2,1-2H3. The second-order valence-electron chi connectivity index (χ2n) is 10.8. The fourth-order valence-corrected chi connectivity index (χ4v) is 4.98. The van der Waals surface area contributed by atoms with Crippen molar-refractivity contribution in [2.75, 3.05) is 65.7 Å². The van der Waals surface area contributed by atoms with Gasteiger partial charge < -0.3 is 45.4 Å². The van der Waals surface area contributed by atoms with Crippen LogP contribution in [0.2, 0.25) is 0 Å². The van der Waals surface area contributed by atoms with Crippen LogP contribution in [0.4, 0.5) is 0 Å². The van der Waals surface area contributed by atoms with Gasteiger partial charge in [-0.15, -0.1) is 0 Å². The van der Waals surface area contributed by atoms with Gasteiger partial charge in [0.25, 0.3) is 0 Å². The second kappa shape index (κ2) is 17.0. The molecule has 1 aliphatic rings. The van der Waals surface area contributed by atoms with Crippen LogP contribution in [0.1, 0.15) is 33.4 Å². The van der Waals surface area contributed by atoms with E-state index in [2.05, 4.69) is 15.1 Å². The summed E-state index contributed by atoms with van der Waals surface area (Å²) in [5, 5.41) is 62.6. The number of aliphatic hydroxyl groups is 4. The van der Waals surface area contributed by atoms with Gasteiger partial charge in [0.15, 0.2) is 0 Å². The molecule has 0 amide bonds. The van der Waals surface area contributed by atoms with Crippen molar-refractivity contribution >= 4 is 0 Å². The number of nitrogens with one attached hydrogen (secondary N) is 1. The first-order valence-corrected chi connectivity index (χ1v) is 14.2. The normalized spacial score (nSPS) is 15.8. The van der Waals surface area contributed by atoms with Crippen molar-refractivity contribution in [3.63, 3.8) is 0 Å². The Hall–Kier alpha value is -2.32. The summed E-state index contributed by atoms with van der Waals surface area (Å²) in [6.45, 7) is 8.77. The minimum Gasteiger partial charge on any atom is -0.507 e. The average molecular weight is 578 g/mol. The molecule has 41 heavy (non-hydrogen) atoms. The van der Waals surface area contributed by atoms with Gasteiger partial charge in [-0.3, -0.25) is 9.80 Å². The lowest BCUT2D eigenvalue weighted by molar-refractivity contribution is -0.0290. The predicted octanol–water partition coefficient (Wildman–Crippen LogP) is 0.362. The van der Waals surface area contributed by atoms with Gasteiger partial charge in [0.2, 0.25) is 0 Å². The number of phenols is 2. The number of phenolic OH excluding ortho intramolecular Hbond substituents is 2. The van der Waals surface area contributed by atoms with E-state index in [1.165, 1.54) is 0 Å². The summed E-state index contributed by atoms with van der Waals surface area (Å²) in [5.74, 6) is 0.331. The quantitative estimate of drug-likeness (QED) is 0.166. The van der Waals surface area contributed by atoms with E-state index in [0.29, 0.717) is 24.2 Å². The average Bonchev–Trinajstić information content (AvgIpc) is 3.06. The minimum absolute atomic E-state index is 0.0926. The third-order valence-electron chi connectivity index (χ3n) is 7.32. The van der Waals surface area contributed by atoms with Gasteiger partial charge in [-0.05, 0) is 13.8 Å². The van der Waals surface area contributed by atoms with Crippen molar-refractivity contribution < 1.29 is 40.1 Å². The van der Waals surface area contributed by atoms with E-state index in [0.717, 1.165) is 61.5 Å². The molecule has 0 unspecified atom stereocenters. The van der Waals surface area contributed by atoms with Gasteiger partial charge in [0, 0.05) is 74.6 Å². The summed E-state index contributed by atoms with van der Waals surface area (Å²) in [6.07, 6.45) is -1.38. The molecule has 0 bridgehead atoms. The Bertz CT molecular complexity index is 995. The molecule has 2 aromatic carbocycles. The Morgan fingerprint density at radius 3 is 1.37 bits per heavy atom. The third-order valence-corrected chi connectivity index (χ3v) is 7.32. The van der Waals surface area contributed by atoms with Gasteiger partial charge in [-0.1, -0.05) is 35.4 Å². The first-order valence-electron chi connectivity index (χ1n) is 14.2. The van der Waals surface area contributed by atoms with E-state index >= 15 is 0 Å². The molecule has 0 saturated carbocycles. The van der Waals surface area contributed by atoms with Crippen LogP contribution >= 0.6 is 0 Å². The maximum absolute atomic E-state index is 11.0. The van der Waals surface area contributed by atoms with Gasteiger partial charge in [-0.25, -0.2) is 0 Å². The van der Waals surface area contributed by atoms with Crippen LogP contribution in [0.5, 0.6) is 11.5 Å². The van der Waals surface area contributed by atoms with Crippen molar-refractivity contribution in [2.45, 2.75) is 52.4 Å². The second-order valence-corrected chi connectivity index (χ2v) is 10.8. The summed E-state index contributed by atoms with van der Waals surface area (Å²) in [4.78, 5) is 4.57. The van der Waals surface area contributed by atoms with Gasteiger partial charge in [0.05, 0.1) is 39.6 Å². The SMILES string of the molecule is Cc1cc(COC(CO)CO)c(O)c(CN2CCNCCN(Cc3cc(C)cc(COC(CO)CO)c3O)CC2)c1. The molecule has 0 aromatic heterocycles. The Kier molecular flexibility index (Phi) is 13.7. The Morgan fingerprint density at radius 2 is 1.00 bits per heavy atom. The molecule has 1 heterocycles. The van der Waals surface area contributed by atoms with E-state index in [1.807, 2.05) is 38.1 Å². The van der Waals surface area contributed by atoms with Crippen molar-refractivity contribution in [2.24, 2.45) is 0 Å². The number of aryl methyl sites for hydroxylation is 2. The smallest absolute Gasteiger partial charge is 0.125 e. The summed E-state index contributed by atoms with van der Waals surface area (Å²) in [6, 6.07) is 7.65. The molecule has 3 rings (SSSR count). The highest BCUT2D eigenvalue weighted by molar-refractivity contribution is 5.44. The van der Waals surface area contributed by atoms with Crippen molar-refractivity contribution in [1.82, 2.24) is 15.1 Å². The third kappa shape index (κ3) is 10.2. The molecule has 11 heteroatoms. The van der Waals surface area contributed by atoms with E-state index in [-0.39, 0.29) is 51.1 Å². The summed E-state index contributed by atoms with van der Waals surface area (Å²) >= 11 is 0. The molecule has 0 radical (unpaired) electrons. The fraction of sp³-hybridized carbons (Fsp3) is 0.600. The zero-order valence-electron chi connectivity index (χ0n) is 24.3. The monoisotopic (exact) mass is 577 g/mol. The highest BCUT2D eigenvalue weighted by Gasteiger charge is 2.19. The summed E-state index contributed by atoms with van der Waals surface area (Å²) < 4.78 is 11.1. The molecule has 2 aromatic rings. The summed E-state index contributed by atoms with van der Waals surface area (Å²) in [7, 11) is 0. The fourth-order valence-electron chi connectivity index (χ4n) is 4.98. The lowest BCUT2D eigenvalue weighted by Gasteiger charge is -2.27. The molecule has 230 valence electrons. The molecule has 7 N–H and O–H groups in total. The van der Waals surface area contributed by atoms with E-state index in [9.17, 15) is 30.6 Å². The van der Waals surface area contributed by atoms with Crippen LogP contribution < -0.4 is 5.32 Å². The first-order chi connectivity index (χ1) is 19.8. The zero-order valence-corrected chi connectivity index (χ0v) is 24.3. The minimum atomic E-state index is -0.692. The zero-order chi connectivity index (χ0) is 29.8. The largest absolute Gasteiger partial charge is 0.507 e. The van der Waals surface area contributed by atoms with Crippen LogP contribution in [0.15, 0.2) is 24.3 Å². The predicted molar refractivity (Wildman–Crippen MR) is 155 cm³/mol. The van der Waals surface area contributed by atoms with Gasteiger partial charge in [0.1, 0.15) is 23.7 Å². The number of rotatable bonds is 14.